The van der Waals surface area contributed by atoms with Gasteiger partial charge in [-0.15, -0.1) is 0 Å². The molecule has 1 aromatic heterocycles. The Morgan fingerprint density at radius 2 is 1.55 bits per heavy atom. The lowest BCUT2D eigenvalue weighted by Gasteiger charge is -2.13. The largest absolute Gasteiger partial charge is 0.423 e. The van der Waals surface area contributed by atoms with Gasteiger partial charge < -0.3 is 9.30 Å². The molecule has 0 bridgehead atoms. The lowest BCUT2D eigenvalue weighted by Crippen LogP contribution is -2.11. The molecular weight excluding hydrogens is 431 g/mol. The maximum Gasteiger partial charge on any atom is 0.344 e. The van der Waals surface area contributed by atoms with E-state index in [1.54, 1.807) is 54.6 Å². The van der Waals surface area contributed by atoms with E-state index in [-0.39, 0.29) is 6.04 Å². The van der Waals surface area contributed by atoms with E-state index in [0.29, 0.717) is 32.8 Å². The zero-order valence-electron chi connectivity index (χ0n) is 17.0. The van der Waals surface area contributed by atoms with Crippen molar-refractivity contribution in [1.29, 1.82) is 0 Å². The number of para-hydroxylation sites is 2. The number of aromatic nitrogens is 2. The van der Waals surface area contributed by atoms with Gasteiger partial charge >= 0.3 is 5.97 Å². The molecule has 0 aliphatic heterocycles. The number of esters is 1. The number of carbonyl (C=O) groups excluding carboxylic acids is 1. The molecule has 0 N–H and O–H groups in total. The fourth-order valence-electron chi connectivity index (χ4n) is 3.39. The monoisotopic (exact) mass is 450 g/mol. The predicted molar refractivity (Wildman–Crippen MR) is 127 cm³/mol. The first kappa shape index (κ1) is 21.2. The van der Waals surface area contributed by atoms with Crippen molar-refractivity contribution in [2.75, 3.05) is 0 Å². The molecule has 0 unspecified atom stereocenters. The third kappa shape index (κ3) is 4.66. The standard InChI is InChI=1S/C25H20Cl2N2O2/c1-16(2)29-23-6-4-3-5-22(23)28-24(29)15-21(17-7-9-18(26)10-8-17)25(30)31-20-13-11-19(27)12-14-20/h3-16H,1-2H3/b21-15+. The van der Waals surface area contributed by atoms with Gasteiger partial charge in [0.25, 0.3) is 0 Å². The van der Waals surface area contributed by atoms with Gasteiger partial charge in [-0.1, -0.05) is 47.5 Å². The molecule has 0 atom stereocenters. The Labute approximate surface area is 190 Å². The van der Waals surface area contributed by atoms with Crippen molar-refractivity contribution < 1.29 is 9.53 Å². The molecule has 0 aliphatic rings. The quantitative estimate of drug-likeness (QED) is 0.185. The summed E-state index contributed by atoms with van der Waals surface area (Å²) < 4.78 is 7.72. The average molecular weight is 451 g/mol. The number of hydrogen-bond acceptors (Lipinski definition) is 3. The van der Waals surface area contributed by atoms with Crippen molar-refractivity contribution in [3.8, 4) is 5.75 Å². The number of benzene rings is 3. The van der Waals surface area contributed by atoms with Crippen LogP contribution in [0.2, 0.25) is 10.0 Å². The highest BCUT2D eigenvalue weighted by atomic mass is 35.5. The third-order valence-electron chi connectivity index (χ3n) is 4.81. The van der Waals surface area contributed by atoms with Crippen molar-refractivity contribution >= 4 is 51.9 Å². The first-order valence-electron chi connectivity index (χ1n) is 9.85. The van der Waals surface area contributed by atoms with E-state index in [0.717, 1.165) is 11.0 Å². The molecule has 0 fully saturated rings. The van der Waals surface area contributed by atoms with Gasteiger partial charge in [0.2, 0.25) is 0 Å². The lowest BCUT2D eigenvalue weighted by molar-refractivity contribution is -0.127. The predicted octanol–water partition coefficient (Wildman–Crippen LogP) is 7.07. The summed E-state index contributed by atoms with van der Waals surface area (Å²) in [5, 5.41) is 1.16. The van der Waals surface area contributed by atoms with E-state index in [1.165, 1.54) is 0 Å². The fourth-order valence-corrected chi connectivity index (χ4v) is 3.64. The van der Waals surface area contributed by atoms with E-state index in [2.05, 4.69) is 18.4 Å². The van der Waals surface area contributed by atoms with Crippen LogP contribution in [0.4, 0.5) is 0 Å². The van der Waals surface area contributed by atoms with Crippen LogP contribution < -0.4 is 4.74 Å². The number of hydrogen-bond donors (Lipinski definition) is 0. The van der Waals surface area contributed by atoms with Gasteiger partial charge in [-0.25, -0.2) is 9.78 Å². The summed E-state index contributed by atoms with van der Waals surface area (Å²) in [7, 11) is 0. The molecule has 0 spiro atoms. The zero-order valence-corrected chi connectivity index (χ0v) is 18.6. The van der Waals surface area contributed by atoms with Gasteiger partial charge in [0.1, 0.15) is 11.6 Å². The van der Waals surface area contributed by atoms with E-state index in [4.69, 9.17) is 32.9 Å². The molecule has 0 radical (unpaired) electrons. The summed E-state index contributed by atoms with van der Waals surface area (Å²) in [4.78, 5) is 17.9. The Morgan fingerprint density at radius 1 is 0.935 bits per heavy atom. The molecule has 0 saturated carbocycles. The van der Waals surface area contributed by atoms with Crippen molar-refractivity contribution in [3.63, 3.8) is 0 Å². The highest BCUT2D eigenvalue weighted by Gasteiger charge is 2.19. The Bertz CT molecular complexity index is 1260. The van der Waals surface area contributed by atoms with Gasteiger partial charge in [-0.3, -0.25) is 0 Å². The van der Waals surface area contributed by atoms with Crippen LogP contribution in [0.3, 0.4) is 0 Å². The van der Waals surface area contributed by atoms with Gasteiger partial charge in [-0.2, -0.15) is 0 Å². The second kappa shape index (κ2) is 8.96. The summed E-state index contributed by atoms with van der Waals surface area (Å²) >= 11 is 12.0. The van der Waals surface area contributed by atoms with E-state index in [9.17, 15) is 4.79 Å². The Hall–Kier alpha value is -3.08. The molecule has 1 heterocycles. The Balaban J connectivity index is 1.83. The maximum atomic E-state index is 13.2. The Morgan fingerprint density at radius 3 is 2.19 bits per heavy atom. The van der Waals surface area contributed by atoms with Gasteiger partial charge in [0.15, 0.2) is 0 Å². The summed E-state index contributed by atoms with van der Waals surface area (Å²) in [6.07, 6.45) is 1.77. The highest BCUT2D eigenvalue weighted by molar-refractivity contribution is 6.31. The molecule has 156 valence electrons. The van der Waals surface area contributed by atoms with Crippen LogP contribution in [0, 0.1) is 0 Å². The zero-order chi connectivity index (χ0) is 22.0. The molecule has 31 heavy (non-hydrogen) atoms. The van der Waals surface area contributed by atoms with Crippen molar-refractivity contribution in [2.24, 2.45) is 0 Å². The molecule has 0 saturated heterocycles. The lowest BCUT2D eigenvalue weighted by atomic mass is 10.1. The second-order valence-corrected chi connectivity index (χ2v) is 8.20. The maximum absolute atomic E-state index is 13.2. The third-order valence-corrected chi connectivity index (χ3v) is 5.32. The van der Waals surface area contributed by atoms with Crippen molar-refractivity contribution in [2.45, 2.75) is 19.9 Å². The van der Waals surface area contributed by atoms with Crippen LogP contribution in [0.15, 0.2) is 72.8 Å². The topological polar surface area (TPSA) is 44.1 Å². The highest BCUT2D eigenvalue weighted by Crippen LogP contribution is 2.27. The van der Waals surface area contributed by atoms with Crippen molar-refractivity contribution in [3.05, 3.63) is 94.2 Å². The summed E-state index contributed by atoms with van der Waals surface area (Å²) in [5.74, 6) is 0.591. The molecule has 0 amide bonds. The summed E-state index contributed by atoms with van der Waals surface area (Å²) in [5.41, 5.74) is 2.93. The first-order valence-corrected chi connectivity index (χ1v) is 10.6. The number of halogens is 2. The SMILES string of the molecule is CC(C)n1c(/C=C(/C(=O)Oc2ccc(Cl)cc2)c2ccc(Cl)cc2)nc2ccccc21. The molecule has 4 rings (SSSR count). The second-order valence-electron chi connectivity index (χ2n) is 7.33. The van der Waals surface area contributed by atoms with Crippen molar-refractivity contribution in [1.82, 2.24) is 9.55 Å². The molecule has 0 aliphatic carbocycles. The fraction of sp³-hybridized carbons (Fsp3) is 0.120. The molecule has 4 aromatic rings. The van der Waals surface area contributed by atoms with E-state index >= 15 is 0 Å². The number of nitrogens with zero attached hydrogens (tertiary/aromatic N) is 2. The molecule has 3 aromatic carbocycles. The number of fused-ring (bicyclic) bond motifs is 1. The Kier molecular flexibility index (Phi) is 6.12. The van der Waals surface area contributed by atoms with E-state index < -0.39 is 5.97 Å². The first-order chi connectivity index (χ1) is 14.9. The van der Waals surface area contributed by atoms with Crippen LogP contribution in [0.5, 0.6) is 5.75 Å². The minimum absolute atomic E-state index is 0.150. The summed E-state index contributed by atoms with van der Waals surface area (Å²) in [6.45, 7) is 4.17. The molecule has 4 nitrogen and oxygen atoms in total. The minimum atomic E-state index is -0.494. The van der Waals surface area contributed by atoms with Crippen LogP contribution in [0.25, 0.3) is 22.7 Å². The van der Waals surface area contributed by atoms with Gasteiger partial charge in [0, 0.05) is 16.1 Å². The number of carbonyl (C=O) groups is 1. The normalized spacial score (nSPS) is 11.8. The smallest absolute Gasteiger partial charge is 0.344 e. The molecular formula is C25H20Cl2N2O2. The van der Waals surface area contributed by atoms with Gasteiger partial charge in [-0.05, 0) is 74.0 Å². The van der Waals surface area contributed by atoms with Gasteiger partial charge in [0.05, 0.1) is 16.6 Å². The van der Waals surface area contributed by atoms with Crippen LogP contribution in [-0.4, -0.2) is 15.5 Å². The van der Waals surface area contributed by atoms with E-state index in [1.807, 2.05) is 24.3 Å². The summed E-state index contributed by atoms with van der Waals surface area (Å²) in [6, 6.07) is 21.8. The minimum Gasteiger partial charge on any atom is -0.423 e. The number of imidazole rings is 1. The van der Waals surface area contributed by atoms with Crippen LogP contribution in [0.1, 0.15) is 31.3 Å². The van der Waals surface area contributed by atoms with Crippen LogP contribution in [-0.2, 0) is 4.79 Å². The van der Waals surface area contributed by atoms with Crippen LogP contribution >= 0.6 is 23.2 Å². The molecule has 6 heteroatoms. The number of rotatable bonds is 5. The number of ether oxygens (including phenoxy) is 1. The average Bonchev–Trinajstić information content (AvgIpc) is 3.12.